The van der Waals surface area contributed by atoms with E-state index in [-0.39, 0.29) is 0 Å². The average Bonchev–Trinajstić information content (AvgIpc) is 2.23. The highest BCUT2D eigenvalue weighted by atomic mass is 16.5. The van der Waals surface area contributed by atoms with E-state index in [0.29, 0.717) is 6.04 Å². The molecule has 0 fully saturated rings. The van der Waals surface area contributed by atoms with Crippen LogP contribution in [0.25, 0.3) is 0 Å². The van der Waals surface area contributed by atoms with Gasteiger partial charge in [-0.1, -0.05) is 0 Å². The molecule has 0 saturated heterocycles. The molecule has 0 heterocycles. The lowest BCUT2D eigenvalue weighted by Crippen LogP contribution is -2.38. The number of rotatable bonds is 10. The lowest BCUT2D eigenvalue weighted by molar-refractivity contribution is 0.109. The Balaban J connectivity index is 3.81. The van der Waals surface area contributed by atoms with E-state index < -0.39 is 0 Å². The van der Waals surface area contributed by atoms with Gasteiger partial charge < -0.3 is 15.2 Å². The summed E-state index contributed by atoms with van der Waals surface area (Å²) in [4.78, 5) is 2.41. The summed E-state index contributed by atoms with van der Waals surface area (Å²) in [7, 11) is 3.48. The average molecular weight is 218 g/mol. The van der Waals surface area contributed by atoms with Crippen molar-refractivity contribution in [1.29, 1.82) is 0 Å². The molecule has 0 radical (unpaired) electrons. The molecule has 1 unspecified atom stereocenters. The van der Waals surface area contributed by atoms with Gasteiger partial charge >= 0.3 is 0 Å². The Hall–Kier alpha value is -0.160. The van der Waals surface area contributed by atoms with E-state index in [1.54, 1.807) is 14.2 Å². The summed E-state index contributed by atoms with van der Waals surface area (Å²) in [5.41, 5.74) is 5.57. The van der Waals surface area contributed by atoms with Crippen LogP contribution in [-0.2, 0) is 9.47 Å². The van der Waals surface area contributed by atoms with Crippen molar-refractivity contribution in [3.8, 4) is 0 Å². The number of ether oxygens (including phenoxy) is 2. The second kappa shape index (κ2) is 10.4. The van der Waals surface area contributed by atoms with Crippen molar-refractivity contribution in [3.05, 3.63) is 0 Å². The van der Waals surface area contributed by atoms with Gasteiger partial charge in [-0.2, -0.15) is 0 Å². The number of hydrogen-bond donors (Lipinski definition) is 1. The fraction of sp³-hybridized carbons (Fsp3) is 1.00. The highest BCUT2D eigenvalue weighted by Crippen LogP contribution is 2.04. The monoisotopic (exact) mass is 218 g/mol. The topological polar surface area (TPSA) is 47.7 Å². The molecule has 0 rings (SSSR count). The molecule has 0 spiro atoms. The van der Waals surface area contributed by atoms with E-state index in [2.05, 4.69) is 11.8 Å². The van der Waals surface area contributed by atoms with Crippen LogP contribution in [0.4, 0.5) is 0 Å². The second-order valence-electron chi connectivity index (χ2n) is 3.80. The normalized spacial score (nSPS) is 13.4. The largest absolute Gasteiger partial charge is 0.385 e. The van der Waals surface area contributed by atoms with Crippen LogP contribution in [0.5, 0.6) is 0 Å². The predicted octanol–water partition coefficient (Wildman–Crippen LogP) is 0.709. The Morgan fingerprint density at radius 3 is 2.33 bits per heavy atom. The first kappa shape index (κ1) is 14.8. The van der Waals surface area contributed by atoms with Crippen LogP contribution in [0.2, 0.25) is 0 Å². The molecule has 0 amide bonds. The fourth-order valence-corrected chi connectivity index (χ4v) is 1.60. The predicted molar refractivity (Wildman–Crippen MR) is 63.1 cm³/mol. The molecule has 4 nitrogen and oxygen atoms in total. The van der Waals surface area contributed by atoms with Crippen LogP contribution in [0.15, 0.2) is 0 Å². The Kier molecular flexibility index (Phi) is 10.3. The fourth-order valence-electron chi connectivity index (χ4n) is 1.60. The van der Waals surface area contributed by atoms with Crippen LogP contribution in [0.1, 0.15) is 19.8 Å². The molecule has 0 aromatic heterocycles. The second-order valence-corrected chi connectivity index (χ2v) is 3.80. The maximum absolute atomic E-state index is 5.57. The van der Waals surface area contributed by atoms with Crippen molar-refractivity contribution in [1.82, 2.24) is 4.90 Å². The third-order valence-corrected chi connectivity index (χ3v) is 2.58. The molecule has 0 aliphatic rings. The Morgan fingerprint density at radius 2 is 1.80 bits per heavy atom. The molecule has 0 aliphatic carbocycles. The third-order valence-electron chi connectivity index (χ3n) is 2.58. The molecule has 0 saturated carbocycles. The summed E-state index contributed by atoms with van der Waals surface area (Å²) in [5.74, 6) is 0. The number of nitrogens with zero attached hydrogens (tertiary/aromatic N) is 1. The minimum Gasteiger partial charge on any atom is -0.385 e. The minimum atomic E-state index is 0.530. The van der Waals surface area contributed by atoms with Crippen molar-refractivity contribution >= 4 is 0 Å². The van der Waals surface area contributed by atoms with E-state index in [4.69, 9.17) is 15.2 Å². The molecule has 92 valence electrons. The van der Waals surface area contributed by atoms with Crippen LogP contribution < -0.4 is 5.73 Å². The first-order chi connectivity index (χ1) is 7.26. The zero-order valence-corrected chi connectivity index (χ0v) is 10.4. The van der Waals surface area contributed by atoms with Gasteiger partial charge in [0.2, 0.25) is 0 Å². The number of methoxy groups -OCH3 is 2. The molecule has 2 N–H and O–H groups in total. The standard InChI is InChI=1S/C11H26N2O2/c1-11(5-6-12)13(8-10-15-3)7-4-9-14-2/h11H,4-10,12H2,1-3H3. The van der Waals surface area contributed by atoms with Gasteiger partial charge in [-0.05, 0) is 26.3 Å². The SMILES string of the molecule is COCCCN(CCOC)C(C)CCN. The van der Waals surface area contributed by atoms with E-state index in [9.17, 15) is 0 Å². The highest BCUT2D eigenvalue weighted by molar-refractivity contribution is 4.67. The van der Waals surface area contributed by atoms with E-state index in [1.807, 2.05) is 0 Å². The quantitative estimate of drug-likeness (QED) is 0.549. The van der Waals surface area contributed by atoms with Crippen molar-refractivity contribution < 1.29 is 9.47 Å². The maximum Gasteiger partial charge on any atom is 0.0589 e. The number of hydrogen-bond acceptors (Lipinski definition) is 4. The maximum atomic E-state index is 5.57. The van der Waals surface area contributed by atoms with E-state index in [0.717, 1.165) is 45.7 Å². The van der Waals surface area contributed by atoms with Crippen LogP contribution >= 0.6 is 0 Å². The summed E-state index contributed by atoms with van der Waals surface area (Å²) in [6.07, 6.45) is 2.10. The van der Waals surface area contributed by atoms with Crippen LogP contribution in [-0.4, -0.2) is 58.0 Å². The van der Waals surface area contributed by atoms with Crippen molar-refractivity contribution in [3.63, 3.8) is 0 Å². The summed E-state index contributed by atoms with van der Waals surface area (Å²) in [6.45, 7) is 6.59. The molecule has 4 heteroatoms. The Labute approximate surface area is 93.7 Å². The summed E-state index contributed by atoms with van der Waals surface area (Å²) in [6, 6.07) is 0.530. The van der Waals surface area contributed by atoms with Gasteiger partial charge in [-0.3, -0.25) is 4.90 Å². The van der Waals surface area contributed by atoms with E-state index >= 15 is 0 Å². The Morgan fingerprint density at radius 1 is 1.13 bits per heavy atom. The molecule has 15 heavy (non-hydrogen) atoms. The van der Waals surface area contributed by atoms with Gasteiger partial charge in [0.05, 0.1) is 6.61 Å². The Bertz CT molecular complexity index is 134. The van der Waals surface area contributed by atoms with Crippen molar-refractivity contribution in [2.24, 2.45) is 5.73 Å². The first-order valence-electron chi connectivity index (χ1n) is 5.68. The third kappa shape index (κ3) is 7.73. The van der Waals surface area contributed by atoms with Gasteiger partial charge in [0.25, 0.3) is 0 Å². The van der Waals surface area contributed by atoms with Gasteiger partial charge in [0, 0.05) is 40.0 Å². The van der Waals surface area contributed by atoms with Gasteiger partial charge in [-0.15, -0.1) is 0 Å². The summed E-state index contributed by atoms with van der Waals surface area (Å²) < 4.78 is 10.2. The first-order valence-corrected chi connectivity index (χ1v) is 5.68. The molecule has 1 atom stereocenters. The smallest absolute Gasteiger partial charge is 0.0589 e. The van der Waals surface area contributed by atoms with Crippen LogP contribution in [0, 0.1) is 0 Å². The molecule has 0 bridgehead atoms. The lowest BCUT2D eigenvalue weighted by atomic mass is 10.2. The molecule has 0 aromatic rings. The molecule has 0 aliphatic heterocycles. The molecular formula is C11H26N2O2. The van der Waals surface area contributed by atoms with Gasteiger partial charge in [0.15, 0.2) is 0 Å². The van der Waals surface area contributed by atoms with Gasteiger partial charge in [-0.25, -0.2) is 0 Å². The van der Waals surface area contributed by atoms with Crippen molar-refractivity contribution in [2.75, 3.05) is 47.1 Å². The minimum absolute atomic E-state index is 0.530. The van der Waals surface area contributed by atoms with Gasteiger partial charge in [0.1, 0.15) is 0 Å². The molecular weight excluding hydrogens is 192 g/mol. The summed E-state index contributed by atoms with van der Waals surface area (Å²) in [5, 5.41) is 0. The number of nitrogens with two attached hydrogens (primary N) is 1. The zero-order chi connectivity index (χ0) is 11.5. The summed E-state index contributed by atoms with van der Waals surface area (Å²) >= 11 is 0. The van der Waals surface area contributed by atoms with E-state index in [1.165, 1.54) is 0 Å². The highest BCUT2D eigenvalue weighted by Gasteiger charge is 2.11. The lowest BCUT2D eigenvalue weighted by Gasteiger charge is -2.28. The van der Waals surface area contributed by atoms with Crippen molar-refractivity contribution in [2.45, 2.75) is 25.8 Å². The van der Waals surface area contributed by atoms with Crippen LogP contribution in [0.3, 0.4) is 0 Å². The zero-order valence-electron chi connectivity index (χ0n) is 10.4. The molecule has 0 aromatic carbocycles.